The number of rotatable bonds is 4. The first-order valence-corrected chi connectivity index (χ1v) is 11.4. The number of benzene rings is 1. The topological polar surface area (TPSA) is 100 Å². The van der Waals surface area contributed by atoms with Crippen molar-refractivity contribution in [3.05, 3.63) is 52.0 Å². The van der Waals surface area contributed by atoms with Gasteiger partial charge in [0.1, 0.15) is 5.82 Å². The number of nitrogens with one attached hydrogen (secondary N) is 1. The lowest BCUT2D eigenvalue weighted by molar-refractivity contribution is -0.192. The van der Waals surface area contributed by atoms with Gasteiger partial charge >= 0.3 is 12.1 Å². The minimum atomic E-state index is -5.08. The minimum Gasteiger partial charge on any atom is -0.475 e. The van der Waals surface area contributed by atoms with Gasteiger partial charge in [0.25, 0.3) is 5.91 Å². The summed E-state index contributed by atoms with van der Waals surface area (Å²) in [7, 11) is 2.10. The number of aliphatic carboxylic acids is 1. The maximum atomic E-state index is 12.8. The van der Waals surface area contributed by atoms with Crippen molar-refractivity contribution in [3.8, 4) is 11.3 Å². The molecule has 3 aromatic rings. The molecule has 12 heteroatoms. The third-order valence-corrected chi connectivity index (χ3v) is 6.38. The summed E-state index contributed by atoms with van der Waals surface area (Å²) in [5.41, 5.74) is 3.02. The Bertz CT molecular complexity index is 1190. The van der Waals surface area contributed by atoms with Crippen molar-refractivity contribution < 1.29 is 27.9 Å². The van der Waals surface area contributed by atoms with Gasteiger partial charge < -0.3 is 15.3 Å². The third kappa shape index (κ3) is 5.62. The summed E-state index contributed by atoms with van der Waals surface area (Å²) in [5.74, 6) is -2.14. The van der Waals surface area contributed by atoms with E-state index in [-0.39, 0.29) is 5.91 Å². The molecule has 1 aliphatic carbocycles. The van der Waals surface area contributed by atoms with Crippen LogP contribution in [-0.2, 0) is 17.8 Å². The first-order chi connectivity index (χ1) is 16.1. The Hall–Kier alpha value is -3.25. The first kappa shape index (κ1) is 23.9. The number of amides is 1. The van der Waals surface area contributed by atoms with Crippen LogP contribution < -0.4 is 5.32 Å². The van der Waals surface area contributed by atoms with E-state index in [9.17, 15) is 18.0 Å². The van der Waals surface area contributed by atoms with Crippen LogP contribution in [0.1, 0.15) is 39.3 Å². The fraction of sp³-hybridized carbons (Fsp3) is 0.364. The van der Waals surface area contributed by atoms with Crippen molar-refractivity contribution in [1.82, 2.24) is 19.7 Å². The number of carboxylic acid groups (broad SMARTS) is 1. The number of anilines is 1. The standard InChI is InChI=1S/C20H21N5OS.C2HF3O2/c1-24-10-9-15-17(12-24)27-20(21-15)19(26)22-18-11-16(13-5-3-2-4-6-13)23-25(18)14-7-8-14;3-2(4,5)1(6)7/h2-6,11,14H,7-10,12H2,1H3,(H,22,26);(H,6,7). The molecule has 34 heavy (non-hydrogen) atoms. The number of carbonyl (C=O) groups excluding carboxylic acids is 1. The number of halogens is 3. The molecule has 2 aliphatic rings. The number of alkyl halides is 3. The number of carbonyl (C=O) groups is 2. The second kappa shape index (κ2) is 9.55. The van der Waals surface area contributed by atoms with Crippen LogP contribution in [0.4, 0.5) is 19.0 Å². The lowest BCUT2D eigenvalue weighted by Crippen LogP contribution is -2.25. The highest BCUT2D eigenvalue weighted by molar-refractivity contribution is 7.13. The largest absolute Gasteiger partial charge is 0.490 e. The average molecular weight is 494 g/mol. The predicted octanol–water partition coefficient (Wildman–Crippen LogP) is 4.22. The molecule has 1 amide bonds. The number of thiazole rings is 1. The molecular weight excluding hydrogens is 471 g/mol. The molecule has 1 saturated carbocycles. The second-order valence-electron chi connectivity index (χ2n) is 8.09. The molecule has 3 heterocycles. The molecule has 8 nitrogen and oxygen atoms in total. The Morgan fingerprint density at radius 3 is 2.50 bits per heavy atom. The smallest absolute Gasteiger partial charge is 0.475 e. The van der Waals surface area contributed by atoms with E-state index in [2.05, 4.69) is 22.2 Å². The van der Waals surface area contributed by atoms with Gasteiger partial charge in [-0.25, -0.2) is 14.5 Å². The van der Waals surface area contributed by atoms with Gasteiger partial charge in [-0.1, -0.05) is 30.3 Å². The predicted molar refractivity (Wildman–Crippen MR) is 120 cm³/mol. The normalized spacial score (nSPS) is 15.8. The minimum absolute atomic E-state index is 0.140. The molecule has 2 aromatic heterocycles. The average Bonchev–Trinajstić information content (AvgIpc) is 3.41. The molecule has 1 aromatic carbocycles. The summed E-state index contributed by atoms with van der Waals surface area (Å²) in [6.07, 6.45) is -1.96. The highest BCUT2D eigenvalue weighted by Gasteiger charge is 2.38. The molecule has 0 spiro atoms. The zero-order valence-corrected chi connectivity index (χ0v) is 19.0. The Morgan fingerprint density at radius 1 is 1.21 bits per heavy atom. The van der Waals surface area contributed by atoms with Crippen molar-refractivity contribution in [2.24, 2.45) is 0 Å². The molecule has 1 fully saturated rings. The molecule has 1 aliphatic heterocycles. The van der Waals surface area contributed by atoms with E-state index in [1.54, 1.807) is 0 Å². The van der Waals surface area contributed by atoms with Gasteiger partial charge in [-0.05, 0) is 19.9 Å². The summed E-state index contributed by atoms with van der Waals surface area (Å²) in [6.45, 7) is 1.87. The van der Waals surface area contributed by atoms with Crippen LogP contribution in [-0.4, -0.2) is 56.4 Å². The summed E-state index contributed by atoms with van der Waals surface area (Å²) < 4.78 is 33.7. The fourth-order valence-electron chi connectivity index (χ4n) is 3.43. The zero-order valence-electron chi connectivity index (χ0n) is 18.2. The van der Waals surface area contributed by atoms with Gasteiger partial charge in [0.15, 0.2) is 5.01 Å². The second-order valence-corrected chi connectivity index (χ2v) is 9.17. The van der Waals surface area contributed by atoms with Crippen LogP contribution in [0.15, 0.2) is 36.4 Å². The SMILES string of the molecule is CN1CCc2nc(C(=O)Nc3cc(-c4ccccc4)nn3C3CC3)sc2C1.O=C(O)C(F)(F)F. The third-order valence-electron chi connectivity index (χ3n) is 5.30. The Kier molecular flexibility index (Phi) is 6.71. The summed E-state index contributed by atoms with van der Waals surface area (Å²) in [4.78, 5) is 29.8. The van der Waals surface area contributed by atoms with Crippen molar-refractivity contribution in [2.45, 2.75) is 38.0 Å². The Morgan fingerprint density at radius 2 is 1.88 bits per heavy atom. The molecule has 0 radical (unpaired) electrons. The van der Waals surface area contributed by atoms with Crippen LogP contribution in [0.2, 0.25) is 0 Å². The van der Waals surface area contributed by atoms with E-state index in [1.807, 2.05) is 41.1 Å². The van der Waals surface area contributed by atoms with Crippen molar-refractivity contribution in [2.75, 3.05) is 18.9 Å². The van der Waals surface area contributed by atoms with E-state index in [0.29, 0.717) is 11.0 Å². The van der Waals surface area contributed by atoms with Crippen molar-refractivity contribution in [3.63, 3.8) is 0 Å². The number of nitrogens with zero attached hydrogens (tertiary/aromatic N) is 4. The highest BCUT2D eigenvalue weighted by atomic mass is 32.1. The monoisotopic (exact) mass is 493 g/mol. The number of likely N-dealkylation sites (N-methyl/N-ethyl adjacent to an activating group) is 1. The Balaban J connectivity index is 0.000000344. The summed E-state index contributed by atoms with van der Waals surface area (Å²) in [6, 6.07) is 12.4. The van der Waals surface area contributed by atoms with Crippen LogP contribution in [0.3, 0.4) is 0 Å². The molecular formula is C22H22F3N5O3S. The van der Waals surface area contributed by atoms with E-state index in [0.717, 1.165) is 55.1 Å². The molecule has 180 valence electrons. The summed E-state index contributed by atoms with van der Waals surface area (Å²) in [5, 5.41) is 15.5. The number of hydrogen-bond acceptors (Lipinski definition) is 6. The van der Waals surface area contributed by atoms with Crippen LogP contribution in [0.25, 0.3) is 11.3 Å². The summed E-state index contributed by atoms with van der Waals surface area (Å²) >= 11 is 1.51. The van der Waals surface area contributed by atoms with Gasteiger partial charge in [0.05, 0.1) is 17.4 Å². The zero-order chi connectivity index (χ0) is 24.5. The van der Waals surface area contributed by atoms with Crippen LogP contribution in [0.5, 0.6) is 0 Å². The molecule has 2 N–H and O–H groups in total. The molecule has 0 bridgehead atoms. The van der Waals surface area contributed by atoms with Gasteiger partial charge in [0, 0.05) is 36.0 Å². The van der Waals surface area contributed by atoms with Gasteiger partial charge in [-0.3, -0.25) is 4.79 Å². The molecule has 5 rings (SSSR count). The lowest BCUT2D eigenvalue weighted by atomic mass is 10.2. The highest BCUT2D eigenvalue weighted by Crippen LogP contribution is 2.38. The molecule has 0 saturated heterocycles. The quantitative estimate of drug-likeness (QED) is 0.565. The van der Waals surface area contributed by atoms with E-state index in [1.165, 1.54) is 16.2 Å². The van der Waals surface area contributed by atoms with E-state index < -0.39 is 12.1 Å². The van der Waals surface area contributed by atoms with Gasteiger partial charge in [0.2, 0.25) is 0 Å². The van der Waals surface area contributed by atoms with Gasteiger partial charge in [-0.15, -0.1) is 11.3 Å². The number of carboxylic acids is 1. The van der Waals surface area contributed by atoms with Crippen LogP contribution >= 0.6 is 11.3 Å². The van der Waals surface area contributed by atoms with Crippen molar-refractivity contribution in [1.29, 1.82) is 0 Å². The van der Waals surface area contributed by atoms with E-state index >= 15 is 0 Å². The first-order valence-electron chi connectivity index (χ1n) is 10.6. The van der Waals surface area contributed by atoms with E-state index in [4.69, 9.17) is 15.0 Å². The maximum Gasteiger partial charge on any atom is 0.490 e. The Labute approximate surface area is 197 Å². The van der Waals surface area contributed by atoms with Crippen molar-refractivity contribution >= 4 is 29.0 Å². The molecule has 0 atom stereocenters. The lowest BCUT2D eigenvalue weighted by Gasteiger charge is -2.20. The number of aromatic nitrogens is 3. The van der Waals surface area contributed by atoms with Gasteiger partial charge in [-0.2, -0.15) is 18.3 Å². The van der Waals surface area contributed by atoms with Crippen LogP contribution in [0, 0.1) is 0 Å². The fourth-order valence-corrected chi connectivity index (χ4v) is 4.51. The maximum absolute atomic E-state index is 12.8. The number of hydrogen-bond donors (Lipinski definition) is 2. The molecule has 0 unspecified atom stereocenters. The number of fused-ring (bicyclic) bond motifs is 1.